The van der Waals surface area contributed by atoms with Crippen molar-refractivity contribution in [2.75, 3.05) is 11.9 Å². The van der Waals surface area contributed by atoms with E-state index in [4.69, 9.17) is 0 Å². The maximum atomic E-state index is 13.3. The number of benzene rings is 2. The van der Waals surface area contributed by atoms with E-state index < -0.39 is 0 Å². The molecule has 0 saturated heterocycles. The van der Waals surface area contributed by atoms with E-state index in [9.17, 15) is 4.39 Å². The van der Waals surface area contributed by atoms with Crippen molar-refractivity contribution >= 4 is 22.4 Å². The molecule has 0 bridgehead atoms. The number of halogens is 1. The second kappa shape index (κ2) is 6.77. The molecule has 0 atom stereocenters. The van der Waals surface area contributed by atoms with Crippen LogP contribution >= 0.6 is 0 Å². The van der Waals surface area contributed by atoms with E-state index in [1.54, 1.807) is 4.52 Å². The number of rotatable bonds is 5. The molecule has 2 aromatic carbocycles. The molecular weight excluding hydrogens is 355 g/mol. The fraction of sp³-hybridized carbons (Fsp3) is 0.0952. The van der Waals surface area contributed by atoms with Crippen LogP contribution in [0.4, 0.5) is 10.2 Å². The van der Waals surface area contributed by atoms with Crippen LogP contribution in [0.25, 0.3) is 27.9 Å². The molecular formula is C21H17FN6. The van der Waals surface area contributed by atoms with Gasteiger partial charge in [0.05, 0.1) is 0 Å². The van der Waals surface area contributed by atoms with Crippen molar-refractivity contribution in [2.45, 2.75) is 6.42 Å². The Morgan fingerprint density at radius 1 is 1.00 bits per heavy atom. The summed E-state index contributed by atoms with van der Waals surface area (Å²) in [6, 6.07) is 18.5. The molecule has 7 heteroatoms. The zero-order chi connectivity index (χ0) is 18.9. The van der Waals surface area contributed by atoms with E-state index in [0.717, 1.165) is 34.3 Å². The predicted octanol–water partition coefficient (Wildman–Crippen LogP) is 4.07. The minimum atomic E-state index is -0.236. The van der Waals surface area contributed by atoms with Gasteiger partial charge in [0.1, 0.15) is 11.6 Å². The SMILES string of the molecule is Fc1ccc2c(CCNc3ccc4nnc(-c5ccccc5)n4n3)c[nH]c2c1. The standard InChI is InChI=1S/C21H17FN6/c22-16-6-7-17-15(13-24-18(17)12-16)10-11-23-19-8-9-20-25-26-21(28(20)27-19)14-4-2-1-3-5-14/h1-9,12-13,24H,10-11H2,(H,23,27). The van der Waals surface area contributed by atoms with Crippen LogP contribution in [0.15, 0.2) is 66.9 Å². The van der Waals surface area contributed by atoms with Gasteiger partial charge in [-0.25, -0.2) is 4.39 Å². The van der Waals surface area contributed by atoms with E-state index in [1.165, 1.54) is 12.1 Å². The van der Waals surface area contributed by atoms with E-state index in [0.29, 0.717) is 18.0 Å². The van der Waals surface area contributed by atoms with Gasteiger partial charge in [-0.2, -0.15) is 4.52 Å². The molecule has 0 saturated carbocycles. The van der Waals surface area contributed by atoms with Gasteiger partial charge < -0.3 is 10.3 Å². The van der Waals surface area contributed by atoms with Crippen LogP contribution in [0.2, 0.25) is 0 Å². The number of anilines is 1. The van der Waals surface area contributed by atoms with Crippen LogP contribution < -0.4 is 5.32 Å². The van der Waals surface area contributed by atoms with Crippen molar-refractivity contribution in [1.29, 1.82) is 0 Å². The lowest BCUT2D eigenvalue weighted by molar-refractivity contribution is 0.629. The molecule has 0 spiro atoms. The molecule has 0 aliphatic rings. The second-order valence-electron chi connectivity index (χ2n) is 6.56. The Bertz CT molecular complexity index is 1260. The smallest absolute Gasteiger partial charge is 0.185 e. The van der Waals surface area contributed by atoms with Gasteiger partial charge in [0, 0.05) is 29.2 Å². The summed E-state index contributed by atoms with van der Waals surface area (Å²) in [5, 5.41) is 17.5. The molecule has 0 fully saturated rings. The summed E-state index contributed by atoms with van der Waals surface area (Å²) < 4.78 is 15.1. The van der Waals surface area contributed by atoms with Crippen molar-refractivity contribution in [1.82, 2.24) is 24.8 Å². The zero-order valence-corrected chi connectivity index (χ0v) is 14.9. The fourth-order valence-electron chi connectivity index (χ4n) is 3.34. The van der Waals surface area contributed by atoms with Gasteiger partial charge in [0.2, 0.25) is 0 Å². The van der Waals surface area contributed by atoms with Gasteiger partial charge in [0.15, 0.2) is 11.5 Å². The van der Waals surface area contributed by atoms with E-state index in [-0.39, 0.29) is 5.82 Å². The van der Waals surface area contributed by atoms with Crippen LogP contribution in [0.3, 0.4) is 0 Å². The lowest BCUT2D eigenvalue weighted by atomic mass is 10.1. The lowest BCUT2D eigenvalue weighted by Gasteiger charge is -2.06. The van der Waals surface area contributed by atoms with E-state index in [2.05, 4.69) is 25.6 Å². The molecule has 138 valence electrons. The molecule has 6 nitrogen and oxygen atoms in total. The number of aromatic amines is 1. The third kappa shape index (κ3) is 2.96. The summed E-state index contributed by atoms with van der Waals surface area (Å²) in [7, 11) is 0. The van der Waals surface area contributed by atoms with Crippen molar-refractivity contribution in [3.05, 3.63) is 78.2 Å². The van der Waals surface area contributed by atoms with Crippen LogP contribution in [0.1, 0.15) is 5.56 Å². The molecule has 0 aliphatic heterocycles. The number of aromatic nitrogens is 5. The minimum absolute atomic E-state index is 0.236. The molecule has 0 unspecified atom stereocenters. The number of hydrogen-bond acceptors (Lipinski definition) is 4. The molecule has 3 heterocycles. The van der Waals surface area contributed by atoms with Crippen molar-refractivity contribution in [3.63, 3.8) is 0 Å². The average Bonchev–Trinajstić information content (AvgIpc) is 3.32. The number of fused-ring (bicyclic) bond motifs is 2. The first-order valence-corrected chi connectivity index (χ1v) is 9.05. The third-order valence-corrected chi connectivity index (χ3v) is 4.72. The Hall–Kier alpha value is -3.74. The predicted molar refractivity (Wildman–Crippen MR) is 107 cm³/mol. The Morgan fingerprint density at radius 2 is 1.89 bits per heavy atom. The van der Waals surface area contributed by atoms with Gasteiger partial charge in [-0.3, -0.25) is 0 Å². The van der Waals surface area contributed by atoms with Crippen LogP contribution in [-0.4, -0.2) is 31.3 Å². The molecule has 2 N–H and O–H groups in total. The second-order valence-corrected chi connectivity index (χ2v) is 6.56. The third-order valence-electron chi connectivity index (χ3n) is 4.72. The first-order chi connectivity index (χ1) is 13.8. The van der Waals surface area contributed by atoms with E-state index >= 15 is 0 Å². The molecule has 0 amide bonds. The maximum absolute atomic E-state index is 13.3. The summed E-state index contributed by atoms with van der Waals surface area (Å²) in [5.74, 6) is 1.22. The van der Waals surface area contributed by atoms with Crippen molar-refractivity contribution < 1.29 is 4.39 Å². The average molecular weight is 372 g/mol. The molecule has 0 radical (unpaired) electrons. The Kier molecular flexibility index (Phi) is 3.97. The summed E-state index contributed by atoms with van der Waals surface area (Å²) >= 11 is 0. The fourth-order valence-corrected chi connectivity index (χ4v) is 3.34. The highest BCUT2D eigenvalue weighted by atomic mass is 19.1. The first kappa shape index (κ1) is 16.4. The number of nitrogens with one attached hydrogen (secondary N) is 2. The quantitative estimate of drug-likeness (QED) is 0.488. The zero-order valence-electron chi connectivity index (χ0n) is 14.9. The normalized spacial score (nSPS) is 11.3. The molecule has 28 heavy (non-hydrogen) atoms. The molecule has 5 aromatic rings. The Balaban J connectivity index is 1.35. The monoisotopic (exact) mass is 372 g/mol. The van der Waals surface area contributed by atoms with Gasteiger partial charge in [-0.05, 0) is 42.3 Å². The summed E-state index contributed by atoms with van der Waals surface area (Å²) in [4.78, 5) is 3.12. The Labute approximate surface area is 160 Å². The highest BCUT2D eigenvalue weighted by molar-refractivity contribution is 5.83. The van der Waals surface area contributed by atoms with Crippen LogP contribution in [0.5, 0.6) is 0 Å². The summed E-state index contributed by atoms with van der Waals surface area (Å²) in [6.07, 6.45) is 2.72. The molecule has 5 rings (SSSR count). The number of nitrogens with zero attached hydrogens (tertiary/aromatic N) is 4. The van der Waals surface area contributed by atoms with Crippen LogP contribution in [0, 0.1) is 5.82 Å². The van der Waals surface area contributed by atoms with Gasteiger partial charge in [-0.1, -0.05) is 30.3 Å². The van der Waals surface area contributed by atoms with Gasteiger partial charge in [-0.15, -0.1) is 15.3 Å². The van der Waals surface area contributed by atoms with E-state index in [1.807, 2.05) is 54.7 Å². The van der Waals surface area contributed by atoms with Gasteiger partial charge >= 0.3 is 0 Å². The Morgan fingerprint density at radius 3 is 2.79 bits per heavy atom. The first-order valence-electron chi connectivity index (χ1n) is 9.05. The van der Waals surface area contributed by atoms with Crippen molar-refractivity contribution in [2.24, 2.45) is 0 Å². The molecule has 0 aliphatic carbocycles. The highest BCUT2D eigenvalue weighted by Gasteiger charge is 2.10. The maximum Gasteiger partial charge on any atom is 0.185 e. The highest BCUT2D eigenvalue weighted by Crippen LogP contribution is 2.20. The lowest BCUT2D eigenvalue weighted by Crippen LogP contribution is -2.08. The summed E-state index contributed by atoms with van der Waals surface area (Å²) in [6.45, 7) is 0.700. The number of H-pyrrole nitrogens is 1. The van der Waals surface area contributed by atoms with Gasteiger partial charge in [0.25, 0.3) is 0 Å². The largest absolute Gasteiger partial charge is 0.368 e. The molecule has 3 aromatic heterocycles. The summed E-state index contributed by atoms with van der Waals surface area (Å²) in [5.41, 5.74) is 3.61. The van der Waals surface area contributed by atoms with Crippen molar-refractivity contribution in [3.8, 4) is 11.4 Å². The number of hydrogen-bond donors (Lipinski definition) is 2. The van der Waals surface area contributed by atoms with Crippen LogP contribution in [-0.2, 0) is 6.42 Å². The minimum Gasteiger partial charge on any atom is -0.368 e. The topological polar surface area (TPSA) is 70.9 Å².